The summed E-state index contributed by atoms with van der Waals surface area (Å²) in [7, 11) is 0. The summed E-state index contributed by atoms with van der Waals surface area (Å²) in [4.78, 5) is 50.7. The Kier molecular flexibility index (Phi) is 7.59. The topological polar surface area (TPSA) is 105 Å². The molecule has 36 heavy (non-hydrogen) atoms. The highest BCUT2D eigenvalue weighted by molar-refractivity contribution is 6.40. The maximum atomic E-state index is 13.0. The van der Waals surface area contributed by atoms with Gasteiger partial charge in [-0.1, -0.05) is 65.1 Å². The van der Waals surface area contributed by atoms with E-state index in [1.807, 2.05) is 0 Å². The summed E-state index contributed by atoms with van der Waals surface area (Å²) in [5.74, 6) is -2.12. The molecule has 3 aromatic carbocycles. The van der Waals surface area contributed by atoms with Crippen LogP contribution in [0.2, 0.25) is 15.1 Å². The monoisotopic (exact) mass is 543 g/mol. The molecule has 8 nitrogen and oxygen atoms in total. The van der Waals surface area contributed by atoms with Crippen molar-refractivity contribution in [3.05, 3.63) is 92.9 Å². The van der Waals surface area contributed by atoms with Gasteiger partial charge in [-0.15, -0.1) is 0 Å². The van der Waals surface area contributed by atoms with E-state index in [2.05, 4.69) is 10.6 Å². The number of rotatable bonds is 6. The average Bonchev–Trinajstić information content (AvgIpc) is 2.83. The minimum Gasteiger partial charge on any atom is -0.481 e. The zero-order chi connectivity index (χ0) is 25.8. The van der Waals surface area contributed by atoms with Crippen molar-refractivity contribution in [2.45, 2.75) is 0 Å². The number of carbonyl (C=O) groups is 4. The Morgan fingerprint density at radius 2 is 1.56 bits per heavy atom. The molecular formula is C25H16Cl3N3O5. The van der Waals surface area contributed by atoms with Crippen molar-refractivity contribution in [3.63, 3.8) is 0 Å². The molecule has 0 spiro atoms. The first-order valence-corrected chi connectivity index (χ1v) is 11.5. The van der Waals surface area contributed by atoms with Gasteiger partial charge in [0.1, 0.15) is 5.57 Å². The van der Waals surface area contributed by atoms with E-state index in [1.54, 1.807) is 54.6 Å². The number of nitrogens with one attached hydrogen (secondary N) is 2. The zero-order valence-electron chi connectivity index (χ0n) is 18.3. The van der Waals surface area contributed by atoms with E-state index in [-0.39, 0.29) is 21.4 Å². The largest absolute Gasteiger partial charge is 0.481 e. The van der Waals surface area contributed by atoms with Crippen molar-refractivity contribution in [3.8, 4) is 5.75 Å². The Labute approximate surface area is 220 Å². The Morgan fingerprint density at radius 3 is 2.22 bits per heavy atom. The van der Waals surface area contributed by atoms with E-state index in [0.717, 1.165) is 4.90 Å². The second-order valence-electron chi connectivity index (χ2n) is 7.42. The van der Waals surface area contributed by atoms with Gasteiger partial charge in [0, 0.05) is 0 Å². The first kappa shape index (κ1) is 25.2. The molecule has 0 aliphatic carbocycles. The van der Waals surface area contributed by atoms with Crippen LogP contribution in [0.3, 0.4) is 0 Å². The normalized spacial score (nSPS) is 14.6. The third-order valence-corrected chi connectivity index (χ3v) is 5.83. The number of barbiturate groups is 1. The lowest BCUT2D eigenvalue weighted by Crippen LogP contribution is -2.54. The quantitative estimate of drug-likeness (QED) is 0.322. The third kappa shape index (κ3) is 5.52. The summed E-state index contributed by atoms with van der Waals surface area (Å²) in [5, 5.41) is 5.20. The van der Waals surface area contributed by atoms with Crippen LogP contribution in [0.25, 0.3) is 6.08 Å². The van der Waals surface area contributed by atoms with Crippen LogP contribution in [0.15, 0.2) is 72.3 Å². The zero-order valence-corrected chi connectivity index (χ0v) is 20.5. The molecule has 0 aromatic heterocycles. The fourth-order valence-electron chi connectivity index (χ4n) is 3.32. The number of imide groups is 2. The molecule has 11 heteroatoms. The second-order valence-corrected chi connectivity index (χ2v) is 8.65. The highest BCUT2D eigenvalue weighted by Gasteiger charge is 2.36. The van der Waals surface area contributed by atoms with Crippen LogP contribution in [0.1, 0.15) is 5.56 Å². The number of urea groups is 1. The van der Waals surface area contributed by atoms with Crippen molar-refractivity contribution in [1.82, 2.24) is 5.32 Å². The Morgan fingerprint density at radius 1 is 0.917 bits per heavy atom. The van der Waals surface area contributed by atoms with E-state index in [4.69, 9.17) is 39.5 Å². The summed E-state index contributed by atoms with van der Waals surface area (Å²) in [6, 6.07) is 16.8. The highest BCUT2D eigenvalue weighted by atomic mass is 35.5. The predicted octanol–water partition coefficient (Wildman–Crippen LogP) is 5.33. The number of anilines is 2. The molecule has 0 radical (unpaired) electrons. The van der Waals surface area contributed by atoms with Crippen LogP contribution >= 0.6 is 34.8 Å². The van der Waals surface area contributed by atoms with Gasteiger partial charge in [0.15, 0.2) is 12.4 Å². The SMILES string of the molecule is O=C(COc1c(Cl)cc(/C=C2/C(=O)NC(=O)N(c3ccccc3)C2=O)cc1Cl)Nc1ccccc1Cl. The fraction of sp³-hybridized carbons (Fsp3) is 0.0400. The van der Waals surface area contributed by atoms with Crippen molar-refractivity contribution in [1.29, 1.82) is 0 Å². The summed E-state index contributed by atoms with van der Waals surface area (Å²) in [5.41, 5.74) is 0.732. The summed E-state index contributed by atoms with van der Waals surface area (Å²) >= 11 is 18.6. The molecule has 1 aliphatic heterocycles. The van der Waals surface area contributed by atoms with Crippen LogP contribution in [0, 0.1) is 0 Å². The number of hydrogen-bond donors (Lipinski definition) is 2. The lowest BCUT2D eigenvalue weighted by Gasteiger charge is -2.26. The maximum Gasteiger partial charge on any atom is 0.335 e. The molecule has 1 aliphatic rings. The second kappa shape index (κ2) is 10.8. The van der Waals surface area contributed by atoms with Crippen molar-refractivity contribution in [2.24, 2.45) is 0 Å². The van der Waals surface area contributed by atoms with Crippen LogP contribution in [0.5, 0.6) is 5.75 Å². The van der Waals surface area contributed by atoms with E-state index in [9.17, 15) is 19.2 Å². The molecule has 5 amide bonds. The van der Waals surface area contributed by atoms with Crippen LogP contribution in [-0.4, -0.2) is 30.4 Å². The molecule has 1 heterocycles. The van der Waals surface area contributed by atoms with Gasteiger partial charge >= 0.3 is 6.03 Å². The summed E-state index contributed by atoms with van der Waals surface area (Å²) < 4.78 is 5.48. The van der Waals surface area contributed by atoms with Gasteiger partial charge in [0.25, 0.3) is 17.7 Å². The van der Waals surface area contributed by atoms with Crippen molar-refractivity contribution in [2.75, 3.05) is 16.8 Å². The van der Waals surface area contributed by atoms with Gasteiger partial charge < -0.3 is 10.1 Å². The van der Waals surface area contributed by atoms with Gasteiger partial charge in [-0.2, -0.15) is 0 Å². The maximum absolute atomic E-state index is 13.0. The van der Waals surface area contributed by atoms with E-state index >= 15 is 0 Å². The number of benzene rings is 3. The first-order valence-electron chi connectivity index (χ1n) is 10.4. The van der Waals surface area contributed by atoms with Gasteiger partial charge in [0.05, 0.1) is 26.4 Å². The molecule has 0 atom stereocenters. The van der Waals surface area contributed by atoms with Crippen molar-refractivity contribution >= 4 is 76.0 Å². The average molecular weight is 545 g/mol. The Hall–Kier alpha value is -3.85. The molecule has 0 unspecified atom stereocenters. The fourth-order valence-corrected chi connectivity index (χ4v) is 4.12. The van der Waals surface area contributed by atoms with Gasteiger partial charge in [0.2, 0.25) is 0 Å². The number of amides is 5. The van der Waals surface area contributed by atoms with E-state index in [1.165, 1.54) is 18.2 Å². The number of nitrogens with zero attached hydrogens (tertiary/aromatic N) is 1. The third-order valence-electron chi connectivity index (χ3n) is 4.94. The molecule has 0 bridgehead atoms. The smallest absolute Gasteiger partial charge is 0.335 e. The number of para-hydroxylation sites is 2. The Balaban J connectivity index is 1.52. The molecule has 2 N–H and O–H groups in total. The standard InChI is InChI=1S/C25H16Cl3N3O5/c26-17-8-4-5-9-20(17)29-21(32)13-36-22-18(27)11-14(12-19(22)28)10-16-23(33)30-25(35)31(24(16)34)15-6-2-1-3-7-15/h1-12H,13H2,(H,29,32)(H,30,33,35)/b16-10-. The number of ether oxygens (including phenoxy) is 1. The number of hydrogen-bond acceptors (Lipinski definition) is 5. The highest BCUT2D eigenvalue weighted by Crippen LogP contribution is 2.35. The Bertz CT molecular complexity index is 1390. The van der Waals surface area contributed by atoms with Crippen LogP contribution < -0.4 is 20.3 Å². The lowest BCUT2D eigenvalue weighted by atomic mass is 10.1. The number of carbonyl (C=O) groups excluding carboxylic acids is 4. The molecule has 182 valence electrons. The van der Waals surface area contributed by atoms with Crippen LogP contribution in [-0.2, 0) is 14.4 Å². The lowest BCUT2D eigenvalue weighted by molar-refractivity contribution is -0.122. The van der Waals surface area contributed by atoms with E-state index < -0.39 is 30.4 Å². The first-order chi connectivity index (χ1) is 17.2. The molecule has 4 rings (SSSR count). The predicted molar refractivity (Wildman–Crippen MR) is 137 cm³/mol. The minimum absolute atomic E-state index is 0.0373. The van der Waals surface area contributed by atoms with Gasteiger partial charge in [-0.25, -0.2) is 9.69 Å². The minimum atomic E-state index is -0.860. The molecule has 3 aromatic rings. The molecule has 1 fully saturated rings. The van der Waals surface area contributed by atoms with Gasteiger partial charge in [-0.05, 0) is 48.0 Å². The van der Waals surface area contributed by atoms with E-state index in [0.29, 0.717) is 22.0 Å². The molecule has 1 saturated heterocycles. The number of halogens is 3. The van der Waals surface area contributed by atoms with Crippen molar-refractivity contribution < 1.29 is 23.9 Å². The van der Waals surface area contributed by atoms with Gasteiger partial charge in [-0.3, -0.25) is 19.7 Å². The molecule has 0 saturated carbocycles. The molecular weight excluding hydrogens is 529 g/mol. The summed E-state index contributed by atoms with van der Waals surface area (Å²) in [6.45, 7) is -0.403. The van der Waals surface area contributed by atoms with Crippen LogP contribution in [0.4, 0.5) is 16.2 Å². The summed E-state index contributed by atoms with van der Waals surface area (Å²) in [6.07, 6.45) is 1.26.